The predicted octanol–water partition coefficient (Wildman–Crippen LogP) is 4.55. The fourth-order valence-corrected chi connectivity index (χ4v) is 3.67. The van der Waals surface area contributed by atoms with Crippen LogP contribution in [0.4, 0.5) is 39.5 Å². The number of halogens is 9. The van der Waals surface area contributed by atoms with Crippen molar-refractivity contribution in [2.24, 2.45) is 7.05 Å². The maximum Gasteiger partial charge on any atom is 0.485 e. The summed E-state index contributed by atoms with van der Waals surface area (Å²) in [7, 11) is 0.717. The Morgan fingerprint density at radius 1 is 0.721 bits per heavy atom. The van der Waals surface area contributed by atoms with Gasteiger partial charge in [0.25, 0.3) is 6.10 Å². The Balaban J connectivity index is 0.000000708. The highest BCUT2D eigenvalue weighted by Crippen LogP contribution is 2.41. The lowest BCUT2D eigenvalue weighted by Gasteiger charge is -2.23. The lowest BCUT2D eigenvalue weighted by molar-refractivity contribution is -0.617. The van der Waals surface area contributed by atoms with E-state index in [1.807, 2.05) is 0 Å². The van der Waals surface area contributed by atoms with E-state index in [2.05, 4.69) is 4.74 Å². The number of nitrogens with zero attached hydrogens (tertiary/aromatic N) is 1. The molecule has 240 valence electrons. The summed E-state index contributed by atoms with van der Waals surface area (Å²) in [6, 6.07) is 5.37. The number of fused-ring (bicyclic) bond motifs is 2. The molecule has 0 aliphatic carbocycles. The zero-order valence-corrected chi connectivity index (χ0v) is 23.1. The molecule has 0 aliphatic rings. The monoisotopic (exact) mass is 657 g/mol. The van der Waals surface area contributed by atoms with Gasteiger partial charge in [-0.05, 0) is 12.1 Å². The molecule has 0 amide bonds. The summed E-state index contributed by atoms with van der Waals surface area (Å²) >= 11 is 0. The van der Waals surface area contributed by atoms with Crippen LogP contribution < -0.4 is 23.5 Å². The van der Waals surface area contributed by atoms with Gasteiger partial charge in [-0.15, -0.1) is 0 Å². The molecular weight excluding hydrogens is 637 g/mol. The van der Waals surface area contributed by atoms with Crippen LogP contribution in [-0.2, 0) is 21.9 Å². The second-order valence-electron chi connectivity index (χ2n) is 8.15. The summed E-state index contributed by atoms with van der Waals surface area (Å²) in [4.78, 5) is 13.0. The van der Waals surface area contributed by atoms with E-state index in [0.29, 0.717) is 0 Å². The topological polar surface area (TPSA) is 124 Å². The number of benzene rings is 2. The standard InChI is InChI=1S/C22H20F6NO6.CHF3O3S/c1-29-12-8-16(33-4)14(31-2)6-10(12)18(11-7-15(32-3)17(34-5)9-13(11)29)19(30)35-20(21(23,24)25)22(26,27)28;2-1(3,4)8(5,6)7/h6-9,20H,1-5H3;(H,5,6,7)/q+1;/p-1. The van der Waals surface area contributed by atoms with E-state index in [4.69, 9.17) is 31.9 Å². The number of aryl methyl sites for hydroxylation is 1. The van der Waals surface area contributed by atoms with Gasteiger partial charge in [0, 0.05) is 0 Å². The fraction of sp³-hybridized carbons (Fsp3) is 0.391. The molecule has 20 heteroatoms. The third-order valence-electron chi connectivity index (χ3n) is 5.57. The first-order chi connectivity index (χ1) is 19.5. The number of hydrogen-bond acceptors (Lipinski definition) is 9. The van der Waals surface area contributed by atoms with Crippen molar-refractivity contribution in [3.05, 3.63) is 29.8 Å². The molecule has 3 rings (SSSR count). The van der Waals surface area contributed by atoms with Crippen molar-refractivity contribution in [3.63, 3.8) is 0 Å². The zero-order valence-electron chi connectivity index (χ0n) is 22.3. The number of esters is 1. The summed E-state index contributed by atoms with van der Waals surface area (Å²) in [6.45, 7) is 0. The summed E-state index contributed by atoms with van der Waals surface area (Å²) in [6.07, 6.45) is -16.1. The Labute approximate surface area is 236 Å². The number of aromatic nitrogens is 1. The molecule has 0 saturated heterocycles. The zero-order chi connectivity index (χ0) is 33.3. The van der Waals surface area contributed by atoms with E-state index >= 15 is 0 Å². The van der Waals surface area contributed by atoms with Gasteiger partial charge in [-0.1, -0.05) is 0 Å². The Morgan fingerprint density at radius 3 is 1.28 bits per heavy atom. The van der Waals surface area contributed by atoms with Gasteiger partial charge in [-0.25, -0.2) is 13.2 Å². The Bertz CT molecular complexity index is 1530. The molecule has 0 fully saturated rings. The molecule has 3 aromatic rings. The molecule has 1 aromatic heterocycles. The van der Waals surface area contributed by atoms with E-state index in [-0.39, 0.29) is 44.8 Å². The molecule has 0 spiro atoms. The predicted molar refractivity (Wildman–Crippen MR) is 126 cm³/mol. The molecule has 0 bridgehead atoms. The smallest absolute Gasteiger partial charge is 0.485 e. The molecule has 10 nitrogen and oxygen atoms in total. The number of carbonyl (C=O) groups excluding carboxylic acids is 1. The maximum absolute atomic E-state index is 13.1. The van der Waals surface area contributed by atoms with Crippen LogP contribution >= 0.6 is 0 Å². The van der Waals surface area contributed by atoms with E-state index in [1.54, 1.807) is 11.6 Å². The lowest BCUT2D eigenvalue weighted by atomic mass is 10.0. The quantitative estimate of drug-likeness (QED) is 0.0938. The van der Waals surface area contributed by atoms with Gasteiger partial charge in [0.1, 0.15) is 7.05 Å². The average Bonchev–Trinajstić information content (AvgIpc) is 2.88. The van der Waals surface area contributed by atoms with Crippen LogP contribution in [0.15, 0.2) is 24.3 Å². The van der Waals surface area contributed by atoms with Crippen molar-refractivity contribution < 1.29 is 85.5 Å². The van der Waals surface area contributed by atoms with Gasteiger partial charge in [-0.2, -0.15) is 44.1 Å². The molecule has 1 heterocycles. The van der Waals surface area contributed by atoms with E-state index in [9.17, 15) is 44.3 Å². The van der Waals surface area contributed by atoms with Crippen LogP contribution in [0.25, 0.3) is 21.8 Å². The SMILES string of the molecule is COc1cc2c(C(=O)OC(C(F)(F)F)C(F)(F)F)c3cc(OC)c(OC)cc3[n+](C)c2cc1OC.O=S(=O)([O-])C(F)(F)F. The lowest BCUT2D eigenvalue weighted by Crippen LogP contribution is -2.45. The van der Waals surface area contributed by atoms with Crippen LogP contribution in [0, 0.1) is 0 Å². The summed E-state index contributed by atoms with van der Waals surface area (Å²) < 4.78 is 164. The van der Waals surface area contributed by atoms with Crippen LogP contribution in [0.3, 0.4) is 0 Å². The van der Waals surface area contributed by atoms with Gasteiger partial charge in [0.15, 0.2) is 33.1 Å². The minimum Gasteiger partial charge on any atom is -0.741 e. The van der Waals surface area contributed by atoms with Gasteiger partial charge in [-0.3, -0.25) is 0 Å². The van der Waals surface area contributed by atoms with Gasteiger partial charge >= 0.3 is 23.8 Å². The van der Waals surface area contributed by atoms with Crippen LogP contribution in [0.1, 0.15) is 10.4 Å². The minimum atomic E-state index is -6.09. The number of rotatable bonds is 6. The summed E-state index contributed by atoms with van der Waals surface area (Å²) in [5.41, 5.74) is -5.75. The van der Waals surface area contributed by atoms with Gasteiger partial charge < -0.3 is 28.2 Å². The first kappa shape index (κ1) is 35.3. The number of methoxy groups -OCH3 is 4. The Kier molecular flexibility index (Phi) is 10.1. The highest BCUT2D eigenvalue weighted by Gasteiger charge is 2.60. The molecule has 0 N–H and O–H groups in total. The highest BCUT2D eigenvalue weighted by atomic mass is 32.2. The second-order valence-corrected chi connectivity index (χ2v) is 9.52. The second kappa shape index (κ2) is 12.3. The van der Waals surface area contributed by atoms with Crippen LogP contribution in [0.5, 0.6) is 23.0 Å². The van der Waals surface area contributed by atoms with Crippen LogP contribution in [-0.4, -0.2) is 71.3 Å². The van der Waals surface area contributed by atoms with Crippen molar-refractivity contribution in [3.8, 4) is 23.0 Å². The van der Waals surface area contributed by atoms with E-state index < -0.39 is 45.6 Å². The Morgan fingerprint density at radius 2 is 1.02 bits per heavy atom. The molecule has 0 aliphatic heterocycles. The molecule has 0 unspecified atom stereocenters. The molecule has 2 aromatic carbocycles. The van der Waals surface area contributed by atoms with Crippen molar-refractivity contribution >= 4 is 37.9 Å². The molecular formula is C23H20F9NO9S. The molecule has 0 atom stereocenters. The van der Waals surface area contributed by atoms with E-state index in [1.165, 1.54) is 52.7 Å². The molecule has 43 heavy (non-hydrogen) atoms. The highest BCUT2D eigenvalue weighted by molar-refractivity contribution is 7.86. The van der Waals surface area contributed by atoms with Crippen molar-refractivity contribution in [1.29, 1.82) is 0 Å². The Hall–Kier alpha value is -3.94. The third-order valence-corrected chi connectivity index (χ3v) is 6.14. The number of carbonyl (C=O) groups is 1. The number of alkyl halides is 9. The largest absolute Gasteiger partial charge is 0.741 e. The van der Waals surface area contributed by atoms with Gasteiger partial charge in [0.2, 0.25) is 11.0 Å². The number of hydrogen-bond donors (Lipinski definition) is 0. The first-order valence-electron chi connectivity index (χ1n) is 11.0. The van der Waals surface area contributed by atoms with Crippen molar-refractivity contribution in [2.75, 3.05) is 28.4 Å². The maximum atomic E-state index is 13.1. The summed E-state index contributed by atoms with van der Waals surface area (Å²) in [5, 5.41) is -0.0871. The van der Waals surface area contributed by atoms with Crippen molar-refractivity contribution in [1.82, 2.24) is 0 Å². The average molecular weight is 657 g/mol. The minimum absolute atomic E-state index is 0.0435. The van der Waals surface area contributed by atoms with Crippen LogP contribution in [0.2, 0.25) is 0 Å². The van der Waals surface area contributed by atoms with E-state index in [0.717, 1.165) is 0 Å². The summed E-state index contributed by atoms with van der Waals surface area (Å²) in [5.74, 6) is -1.27. The number of ether oxygens (including phenoxy) is 5. The fourth-order valence-electron chi connectivity index (χ4n) is 3.67. The first-order valence-corrected chi connectivity index (χ1v) is 12.4. The van der Waals surface area contributed by atoms with Crippen molar-refractivity contribution in [2.45, 2.75) is 24.0 Å². The molecule has 0 radical (unpaired) electrons. The normalized spacial score (nSPS) is 12.6. The van der Waals surface area contributed by atoms with Gasteiger partial charge in [0.05, 0.1) is 56.9 Å². The number of pyridine rings is 1. The third kappa shape index (κ3) is 7.53. The molecule has 0 saturated carbocycles.